The number of aliphatic carboxylic acids is 1. The number of hydrogen-bond donors (Lipinski definition) is 1. The van der Waals surface area contributed by atoms with E-state index in [9.17, 15) is 4.79 Å². The molecule has 0 heterocycles. The summed E-state index contributed by atoms with van der Waals surface area (Å²) in [5.74, 6) is -0.829. The standard InChI is InChI=1S/C12H15BrClNO2/c1-8(2)15(7-12(16)17)6-9-5-10(13)3-4-11(9)14/h3-5,8H,6-7H2,1-2H3,(H,16,17). The molecule has 1 aromatic carbocycles. The molecule has 0 radical (unpaired) electrons. The number of halogens is 2. The summed E-state index contributed by atoms with van der Waals surface area (Å²) in [4.78, 5) is 12.6. The minimum atomic E-state index is -0.829. The second-order valence-corrected chi connectivity index (χ2v) is 5.45. The maximum absolute atomic E-state index is 10.8. The van der Waals surface area contributed by atoms with Crippen LogP contribution in [-0.4, -0.2) is 28.6 Å². The summed E-state index contributed by atoms with van der Waals surface area (Å²) < 4.78 is 0.941. The average Bonchev–Trinajstić information content (AvgIpc) is 2.21. The largest absolute Gasteiger partial charge is 0.480 e. The number of hydrogen-bond acceptors (Lipinski definition) is 2. The van der Waals surface area contributed by atoms with Crippen LogP contribution >= 0.6 is 27.5 Å². The predicted molar refractivity (Wildman–Crippen MR) is 72.3 cm³/mol. The van der Waals surface area contributed by atoms with Gasteiger partial charge in [-0.15, -0.1) is 0 Å². The highest BCUT2D eigenvalue weighted by Gasteiger charge is 2.15. The Kier molecular flexibility index (Phi) is 5.43. The van der Waals surface area contributed by atoms with Gasteiger partial charge in [0.1, 0.15) is 0 Å². The highest BCUT2D eigenvalue weighted by Crippen LogP contribution is 2.23. The lowest BCUT2D eigenvalue weighted by molar-refractivity contribution is -0.138. The molecule has 1 N–H and O–H groups in total. The topological polar surface area (TPSA) is 40.5 Å². The number of nitrogens with zero attached hydrogens (tertiary/aromatic N) is 1. The molecule has 3 nitrogen and oxygen atoms in total. The zero-order valence-corrected chi connectivity index (χ0v) is 12.1. The molecule has 0 amide bonds. The van der Waals surface area contributed by atoms with Crippen molar-refractivity contribution >= 4 is 33.5 Å². The molecule has 0 bridgehead atoms. The molecule has 0 atom stereocenters. The van der Waals surface area contributed by atoms with E-state index in [1.54, 1.807) is 6.07 Å². The van der Waals surface area contributed by atoms with Crippen LogP contribution in [0.1, 0.15) is 19.4 Å². The number of carboxylic acids is 1. The fourth-order valence-corrected chi connectivity index (χ4v) is 2.06. The van der Waals surface area contributed by atoms with Gasteiger partial charge in [0.05, 0.1) is 6.54 Å². The highest BCUT2D eigenvalue weighted by molar-refractivity contribution is 9.10. The summed E-state index contributed by atoms with van der Waals surface area (Å²) in [6, 6.07) is 5.74. The van der Waals surface area contributed by atoms with Crippen LogP contribution < -0.4 is 0 Å². The van der Waals surface area contributed by atoms with Gasteiger partial charge in [-0.2, -0.15) is 0 Å². The van der Waals surface area contributed by atoms with Crippen molar-refractivity contribution in [2.45, 2.75) is 26.4 Å². The minimum absolute atomic E-state index is 0.0144. The Morgan fingerprint density at radius 3 is 2.71 bits per heavy atom. The third-order valence-electron chi connectivity index (χ3n) is 2.45. The molecule has 17 heavy (non-hydrogen) atoms. The first-order valence-electron chi connectivity index (χ1n) is 5.30. The second kappa shape index (κ2) is 6.38. The molecule has 0 unspecified atom stereocenters. The molecule has 1 aromatic rings. The average molecular weight is 321 g/mol. The Bertz CT molecular complexity index is 409. The zero-order chi connectivity index (χ0) is 13.0. The molecule has 0 saturated carbocycles. The molecule has 0 aromatic heterocycles. The molecule has 5 heteroatoms. The summed E-state index contributed by atoms with van der Waals surface area (Å²) in [6.07, 6.45) is 0. The predicted octanol–water partition coefficient (Wildman–Crippen LogP) is 3.40. The summed E-state index contributed by atoms with van der Waals surface area (Å²) in [5, 5.41) is 9.51. The smallest absolute Gasteiger partial charge is 0.317 e. The van der Waals surface area contributed by atoms with E-state index in [0.29, 0.717) is 11.6 Å². The number of carboxylic acid groups (broad SMARTS) is 1. The van der Waals surface area contributed by atoms with Crippen molar-refractivity contribution in [3.63, 3.8) is 0 Å². The van der Waals surface area contributed by atoms with Crippen LogP contribution in [0.25, 0.3) is 0 Å². The van der Waals surface area contributed by atoms with Gasteiger partial charge in [-0.05, 0) is 37.6 Å². The van der Waals surface area contributed by atoms with Gasteiger partial charge in [0.15, 0.2) is 0 Å². The van der Waals surface area contributed by atoms with Crippen LogP contribution in [0.2, 0.25) is 5.02 Å². The summed E-state index contributed by atoms with van der Waals surface area (Å²) in [5.41, 5.74) is 0.927. The Morgan fingerprint density at radius 2 is 2.18 bits per heavy atom. The van der Waals surface area contributed by atoms with Gasteiger partial charge >= 0.3 is 5.97 Å². The summed E-state index contributed by atoms with van der Waals surface area (Å²) in [6.45, 7) is 4.48. The van der Waals surface area contributed by atoms with Crippen molar-refractivity contribution in [1.29, 1.82) is 0 Å². The van der Waals surface area contributed by atoms with Crippen LogP contribution in [0.15, 0.2) is 22.7 Å². The minimum Gasteiger partial charge on any atom is -0.480 e. The van der Waals surface area contributed by atoms with Crippen molar-refractivity contribution in [3.05, 3.63) is 33.3 Å². The van der Waals surface area contributed by atoms with E-state index in [4.69, 9.17) is 16.7 Å². The van der Waals surface area contributed by atoms with E-state index >= 15 is 0 Å². The van der Waals surface area contributed by atoms with Crippen LogP contribution in [0.4, 0.5) is 0 Å². The number of rotatable bonds is 5. The quantitative estimate of drug-likeness (QED) is 0.904. The highest BCUT2D eigenvalue weighted by atomic mass is 79.9. The third-order valence-corrected chi connectivity index (χ3v) is 3.31. The molecule has 94 valence electrons. The molecule has 0 spiro atoms. The Hall–Kier alpha value is -0.580. The van der Waals surface area contributed by atoms with Gasteiger partial charge in [-0.3, -0.25) is 9.69 Å². The molecule has 0 saturated heterocycles. The van der Waals surface area contributed by atoms with Crippen molar-refractivity contribution in [3.8, 4) is 0 Å². The second-order valence-electron chi connectivity index (χ2n) is 4.13. The first-order chi connectivity index (χ1) is 7.90. The fraction of sp³-hybridized carbons (Fsp3) is 0.417. The first kappa shape index (κ1) is 14.5. The lowest BCUT2D eigenvalue weighted by Gasteiger charge is -2.25. The van der Waals surface area contributed by atoms with E-state index in [1.165, 1.54) is 0 Å². The number of benzene rings is 1. The molecule has 0 aliphatic heterocycles. The molecule has 1 rings (SSSR count). The van der Waals surface area contributed by atoms with Gasteiger partial charge in [-0.25, -0.2) is 0 Å². The molecule has 0 aliphatic carbocycles. The van der Waals surface area contributed by atoms with E-state index in [2.05, 4.69) is 15.9 Å². The summed E-state index contributed by atoms with van der Waals surface area (Å²) >= 11 is 9.47. The lowest BCUT2D eigenvalue weighted by Crippen LogP contribution is -2.35. The number of carbonyl (C=O) groups is 1. The zero-order valence-electron chi connectivity index (χ0n) is 9.78. The van der Waals surface area contributed by atoms with Gasteiger partial charge in [0.25, 0.3) is 0 Å². The van der Waals surface area contributed by atoms with Crippen LogP contribution in [0.5, 0.6) is 0 Å². The molecular formula is C12H15BrClNO2. The van der Waals surface area contributed by atoms with Crippen molar-refractivity contribution < 1.29 is 9.90 Å². The Labute approximate surface area is 115 Å². The lowest BCUT2D eigenvalue weighted by atomic mass is 10.2. The normalized spacial score (nSPS) is 11.2. The third kappa shape index (κ3) is 4.66. The van der Waals surface area contributed by atoms with E-state index in [1.807, 2.05) is 30.9 Å². The SMILES string of the molecule is CC(C)N(CC(=O)O)Cc1cc(Br)ccc1Cl. The van der Waals surface area contributed by atoms with Crippen molar-refractivity contribution in [2.75, 3.05) is 6.54 Å². The van der Waals surface area contributed by atoms with E-state index in [-0.39, 0.29) is 12.6 Å². The van der Waals surface area contributed by atoms with Gasteiger partial charge in [0, 0.05) is 22.1 Å². The van der Waals surface area contributed by atoms with E-state index in [0.717, 1.165) is 10.0 Å². The Morgan fingerprint density at radius 1 is 1.53 bits per heavy atom. The van der Waals surface area contributed by atoms with Crippen LogP contribution in [0, 0.1) is 0 Å². The van der Waals surface area contributed by atoms with Crippen LogP contribution in [0.3, 0.4) is 0 Å². The summed E-state index contributed by atoms with van der Waals surface area (Å²) in [7, 11) is 0. The van der Waals surface area contributed by atoms with Gasteiger partial charge in [0.2, 0.25) is 0 Å². The van der Waals surface area contributed by atoms with Crippen molar-refractivity contribution in [2.24, 2.45) is 0 Å². The maximum Gasteiger partial charge on any atom is 0.317 e. The molecule has 0 fully saturated rings. The van der Waals surface area contributed by atoms with Gasteiger partial charge < -0.3 is 5.11 Å². The first-order valence-corrected chi connectivity index (χ1v) is 6.47. The van der Waals surface area contributed by atoms with Gasteiger partial charge in [-0.1, -0.05) is 27.5 Å². The Balaban J connectivity index is 2.85. The maximum atomic E-state index is 10.8. The van der Waals surface area contributed by atoms with E-state index < -0.39 is 5.97 Å². The molecular weight excluding hydrogens is 305 g/mol. The monoisotopic (exact) mass is 319 g/mol. The fourth-order valence-electron chi connectivity index (χ4n) is 1.48. The van der Waals surface area contributed by atoms with Crippen molar-refractivity contribution in [1.82, 2.24) is 4.90 Å². The van der Waals surface area contributed by atoms with Crippen LogP contribution in [-0.2, 0) is 11.3 Å². The molecule has 0 aliphatic rings.